The van der Waals surface area contributed by atoms with Crippen molar-refractivity contribution < 1.29 is 19.4 Å². The van der Waals surface area contributed by atoms with Gasteiger partial charge in [0, 0.05) is 41.4 Å². The number of imide groups is 1. The lowest BCUT2D eigenvalue weighted by atomic mass is 9.56. The highest BCUT2D eigenvalue weighted by Gasteiger charge is 2.66. The summed E-state index contributed by atoms with van der Waals surface area (Å²) in [6.07, 6.45) is 1.93. The van der Waals surface area contributed by atoms with Crippen LogP contribution in [0.25, 0.3) is 20.7 Å². The number of aryl methyl sites for hydroxylation is 2. The first-order valence-corrected chi connectivity index (χ1v) is 16.6. The van der Waals surface area contributed by atoms with Crippen LogP contribution >= 0.6 is 22.9 Å². The van der Waals surface area contributed by atoms with Crippen LogP contribution in [0.3, 0.4) is 0 Å². The summed E-state index contributed by atoms with van der Waals surface area (Å²) in [6, 6.07) is 11.6. The fourth-order valence-electron chi connectivity index (χ4n) is 8.13. The van der Waals surface area contributed by atoms with E-state index >= 15 is 0 Å². The van der Waals surface area contributed by atoms with E-state index in [1.165, 1.54) is 39.2 Å². The number of fused-ring (bicyclic) bond motifs is 5. The lowest BCUT2D eigenvalue weighted by molar-refractivity contribution is -0.129. The molecule has 2 aromatic carbocycles. The van der Waals surface area contributed by atoms with Gasteiger partial charge in [-0.3, -0.25) is 14.3 Å². The number of amides is 2. The Morgan fingerprint density at radius 1 is 1.08 bits per heavy atom. The molecule has 2 amide bonds. The summed E-state index contributed by atoms with van der Waals surface area (Å²) in [7, 11) is 4.58. The number of phenolic OH excluding ortho intramolecular Hbond substituents is 1. The third-order valence-electron chi connectivity index (χ3n) is 10.5. The number of hydrogen-bond donors (Lipinski definition) is 1. The molecule has 48 heavy (non-hydrogen) atoms. The van der Waals surface area contributed by atoms with Crippen LogP contribution < -0.4 is 21.0 Å². The average molecular weight is 687 g/mol. The van der Waals surface area contributed by atoms with Crippen LogP contribution in [0.4, 0.5) is 5.82 Å². The van der Waals surface area contributed by atoms with Crippen LogP contribution in [0, 0.1) is 18.3 Å². The van der Waals surface area contributed by atoms with E-state index in [4.69, 9.17) is 21.4 Å². The number of carbonyl (C=O) groups is 2. The molecule has 1 saturated heterocycles. The summed E-state index contributed by atoms with van der Waals surface area (Å²) in [5.74, 6) is -2.14. The molecule has 5 aromatic rings. The molecule has 0 spiro atoms. The molecule has 1 N–H and O–H groups in total. The molecule has 0 radical (unpaired) electrons. The van der Waals surface area contributed by atoms with Crippen molar-refractivity contribution >= 4 is 50.7 Å². The molecule has 12 nitrogen and oxygen atoms in total. The maximum absolute atomic E-state index is 14.9. The Labute approximate surface area is 282 Å². The minimum atomic E-state index is -1.39. The van der Waals surface area contributed by atoms with Crippen molar-refractivity contribution in [3.8, 4) is 22.1 Å². The second kappa shape index (κ2) is 10.3. The zero-order valence-electron chi connectivity index (χ0n) is 26.7. The minimum Gasteiger partial charge on any atom is -0.508 e. The monoisotopic (exact) mass is 686 g/mol. The van der Waals surface area contributed by atoms with Gasteiger partial charge in [-0.2, -0.15) is 5.10 Å². The molecule has 2 aliphatic heterocycles. The number of aromatic nitrogens is 5. The van der Waals surface area contributed by atoms with Crippen molar-refractivity contribution in [3.63, 3.8) is 0 Å². The van der Waals surface area contributed by atoms with Crippen molar-refractivity contribution in [2.24, 2.45) is 25.4 Å². The van der Waals surface area contributed by atoms with Gasteiger partial charge in [0.05, 0.1) is 35.9 Å². The third-order valence-corrected chi connectivity index (χ3v) is 12.0. The maximum atomic E-state index is 14.9. The van der Waals surface area contributed by atoms with E-state index in [-0.39, 0.29) is 18.7 Å². The molecule has 1 saturated carbocycles. The normalized spacial score (nSPS) is 23.3. The summed E-state index contributed by atoms with van der Waals surface area (Å²) in [6.45, 7) is 3.83. The highest BCUT2D eigenvalue weighted by Crippen LogP contribution is 2.63. The van der Waals surface area contributed by atoms with Crippen molar-refractivity contribution in [2.45, 2.75) is 38.8 Å². The number of phenols is 1. The van der Waals surface area contributed by atoms with Gasteiger partial charge in [-0.25, -0.2) is 28.4 Å². The number of allylic oxidation sites excluding steroid dienone is 2. The van der Waals surface area contributed by atoms with Crippen molar-refractivity contribution in [2.75, 3.05) is 12.0 Å². The lowest BCUT2D eigenvalue weighted by Crippen LogP contribution is -2.49. The Morgan fingerprint density at radius 3 is 2.60 bits per heavy atom. The first-order valence-electron chi connectivity index (χ1n) is 15.4. The standard InChI is InChI=1S/C34H31ClN6O6S/c1-16-19-13-17(35)9-10-25(19)48-29(16)21-15-26(38(4)36-21)40-30(43)20-14-22-18(11-12-39-32(45)37(3)33(46)41(22)39)28(34(20,2)31(40)44)27-23(42)7-6-8-24(27)47-5/h6-11,13,15,20,22,28,42H,12,14H2,1-5H3. The fraction of sp³-hybridized carbons (Fsp3) is 0.324. The SMILES string of the molecule is COc1cccc(O)c1C1C2=CCn3c(=O)n(C)c(=O)n3C2CC2C(=O)N(c3cc(-c4sc5ccc(Cl)cc5c4C)nn3C)C(=O)C21C. The van der Waals surface area contributed by atoms with Crippen LogP contribution in [0.1, 0.15) is 36.4 Å². The number of carbonyl (C=O) groups excluding carboxylic acids is 2. The smallest absolute Gasteiger partial charge is 0.347 e. The Morgan fingerprint density at radius 2 is 1.85 bits per heavy atom. The quantitative estimate of drug-likeness (QED) is 0.217. The molecule has 2 fully saturated rings. The maximum Gasteiger partial charge on any atom is 0.347 e. The van der Waals surface area contributed by atoms with E-state index in [2.05, 4.69) is 0 Å². The molecule has 5 heterocycles. The number of thiophene rings is 1. The summed E-state index contributed by atoms with van der Waals surface area (Å²) in [4.78, 5) is 58.1. The Balaban J connectivity index is 1.31. The fourth-order valence-corrected chi connectivity index (χ4v) is 9.45. The Hall–Kier alpha value is -4.88. The van der Waals surface area contributed by atoms with E-state index in [1.807, 2.05) is 31.2 Å². The number of ether oxygens (including phenoxy) is 1. The average Bonchev–Trinajstić information content (AvgIpc) is 3.72. The van der Waals surface area contributed by atoms with Gasteiger partial charge >= 0.3 is 11.4 Å². The predicted octanol–water partition coefficient (Wildman–Crippen LogP) is 4.50. The summed E-state index contributed by atoms with van der Waals surface area (Å²) in [5.41, 5.74) is 0.221. The third kappa shape index (κ3) is 3.85. The van der Waals surface area contributed by atoms with Gasteiger partial charge in [-0.1, -0.05) is 23.7 Å². The van der Waals surface area contributed by atoms with Gasteiger partial charge in [0.25, 0.3) is 0 Å². The van der Waals surface area contributed by atoms with E-state index in [9.17, 15) is 24.3 Å². The van der Waals surface area contributed by atoms with Gasteiger partial charge in [0.2, 0.25) is 11.8 Å². The first-order chi connectivity index (χ1) is 22.9. The van der Waals surface area contributed by atoms with Gasteiger partial charge in [0.1, 0.15) is 23.0 Å². The van der Waals surface area contributed by atoms with E-state index in [0.29, 0.717) is 33.4 Å². The second-order valence-electron chi connectivity index (χ2n) is 12.9. The molecule has 3 aromatic heterocycles. The number of halogens is 1. The van der Waals surface area contributed by atoms with Gasteiger partial charge in [-0.05, 0) is 67.1 Å². The molecule has 3 aliphatic rings. The highest BCUT2D eigenvalue weighted by molar-refractivity contribution is 7.22. The molecule has 8 rings (SSSR count). The highest BCUT2D eigenvalue weighted by atomic mass is 35.5. The summed E-state index contributed by atoms with van der Waals surface area (Å²) >= 11 is 7.83. The second-order valence-corrected chi connectivity index (χ2v) is 14.3. The summed E-state index contributed by atoms with van der Waals surface area (Å²) in [5, 5.41) is 17.7. The zero-order chi connectivity index (χ0) is 34.0. The number of aromatic hydroxyl groups is 1. The molecule has 0 bridgehead atoms. The van der Waals surface area contributed by atoms with E-state index < -0.39 is 46.5 Å². The van der Waals surface area contributed by atoms with Crippen molar-refractivity contribution in [3.05, 3.63) is 91.2 Å². The lowest BCUT2D eigenvalue weighted by Gasteiger charge is -2.47. The molecule has 4 atom stereocenters. The van der Waals surface area contributed by atoms with Crippen LogP contribution in [-0.4, -0.2) is 47.7 Å². The van der Waals surface area contributed by atoms with Crippen LogP contribution in [-0.2, 0) is 30.2 Å². The van der Waals surface area contributed by atoms with E-state index in [1.54, 1.807) is 43.5 Å². The molecule has 1 aliphatic carbocycles. The van der Waals surface area contributed by atoms with Gasteiger partial charge in [-0.15, -0.1) is 11.3 Å². The largest absolute Gasteiger partial charge is 0.508 e. The summed E-state index contributed by atoms with van der Waals surface area (Å²) < 4.78 is 12.1. The Kier molecular flexibility index (Phi) is 6.54. The number of hydrogen-bond acceptors (Lipinski definition) is 8. The van der Waals surface area contributed by atoms with Gasteiger partial charge in [0.15, 0.2) is 0 Å². The number of benzene rings is 2. The van der Waals surface area contributed by atoms with E-state index in [0.717, 1.165) is 25.1 Å². The Bertz CT molecular complexity index is 2400. The topological polar surface area (TPSA) is 134 Å². The first kappa shape index (κ1) is 30.5. The van der Waals surface area contributed by atoms with Crippen LogP contribution in [0.2, 0.25) is 5.02 Å². The zero-order valence-corrected chi connectivity index (χ0v) is 28.3. The number of nitrogens with zero attached hydrogens (tertiary/aromatic N) is 6. The number of methoxy groups -OCH3 is 1. The van der Waals surface area contributed by atoms with Crippen LogP contribution in [0.15, 0.2) is 63.7 Å². The minimum absolute atomic E-state index is 0.0879. The number of anilines is 1. The number of rotatable bonds is 4. The van der Waals surface area contributed by atoms with Gasteiger partial charge < -0.3 is 9.84 Å². The predicted molar refractivity (Wildman–Crippen MR) is 181 cm³/mol. The van der Waals surface area contributed by atoms with Crippen molar-refractivity contribution in [1.82, 2.24) is 23.7 Å². The molecular formula is C34H31ClN6O6S. The molecule has 4 unspecified atom stereocenters. The molecular weight excluding hydrogens is 656 g/mol. The molecule has 14 heteroatoms. The van der Waals surface area contributed by atoms with Crippen molar-refractivity contribution in [1.29, 1.82) is 0 Å². The molecule has 246 valence electrons. The van der Waals surface area contributed by atoms with Crippen LogP contribution in [0.5, 0.6) is 11.5 Å².